The van der Waals surface area contributed by atoms with Crippen molar-refractivity contribution in [3.8, 4) is 22.8 Å². The summed E-state index contributed by atoms with van der Waals surface area (Å²) in [7, 11) is 0. The van der Waals surface area contributed by atoms with E-state index in [4.69, 9.17) is 9.47 Å². The first-order chi connectivity index (χ1) is 17.8. The van der Waals surface area contributed by atoms with E-state index in [1.165, 1.54) is 4.90 Å². The van der Waals surface area contributed by atoms with Crippen molar-refractivity contribution in [2.45, 2.75) is 6.18 Å². The lowest BCUT2D eigenvalue weighted by molar-refractivity contribution is -0.137. The molecule has 0 bridgehead atoms. The van der Waals surface area contributed by atoms with Gasteiger partial charge in [0, 0.05) is 37.9 Å². The molecule has 1 saturated heterocycles. The fourth-order valence-corrected chi connectivity index (χ4v) is 4.34. The maximum absolute atomic E-state index is 14.3. The zero-order valence-electron chi connectivity index (χ0n) is 19.1. The Morgan fingerprint density at radius 1 is 0.946 bits per heavy atom. The first-order valence-electron chi connectivity index (χ1n) is 11.3. The van der Waals surface area contributed by atoms with Gasteiger partial charge in [0.15, 0.2) is 11.5 Å². The van der Waals surface area contributed by atoms with Crippen LogP contribution in [0.3, 0.4) is 0 Å². The zero-order valence-corrected chi connectivity index (χ0v) is 19.1. The van der Waals surface area contributed by atoms with Gasteiger partial charge in [-0.25, -0.2) is 9.37 Å². The minimum atomic E-state index is -4.69. The van der Waals surface area contributed by atoms with Crippen LogP contribution in [0.25, 0.3) is 17.0 Å². The number of anilines is 1. The highest BCUT2D eigenvalue weighted by Crippen LogP contribution is 2.36. The molecular formula is C24H18F4N6O3. The van der Waals surface area contributed by atoms with Crippen LogP contribution in [-0.2, 0) is 6.18 Å². The molecule has 4 heterocycles. The van der Waals surface area contributed by atoms with Crippen LogP contribution in [0.1, 0.15) is 15.9 Å². The normalized spacial score (nSPS) is 15.5. The number of benzene rings is 2. The molecule has 13 heteroatoms. The largest absolute Gasteiger partial charge is 0.454 e. The van der Waals surface area contributed by atoms with E-state index < -0.39 is 29.0 Å². The maximum atomic E-state index is 14.3. The van der Waals surface area contributed by atoms with Crippen LogP contribution < -0.4 is 14.4 Å². The summed E-state index contributed by atoms with van der Waals surface area (Å²) in [6.07, 6.45) is -3.06. The smallest absolute Gasteiger partial charge is 0.416 e. The van der Waals surface area contributed by atoms with Crippen LogP contribution in [0.15, 0.2) is 48.7 Å². The highest BCUT2D eigenvalue weighted by atomic mass is 19.4. The predicted molar refractivity (Wildman–Crippen MR) is 122 cm³/mol. The van der Waals surface area contributed by atoms with Gasteiger partial charge < -0.3 is 19.3 Å². The van der Waals surface area contributed by atoms with Crippen LogP contribution in [0.5, 0.6) is 11.5 Å². The first kappa shape index (κ1) is 23.0. The number of fused-ring (bicyclic) bond motifs is 2. The van der Waals surface area contributed by atoms with Gasteiger partial charge >= 0.3 is 6.18 Å². The molecule has 6 rings (SSSR count). The van der Waals surface area contributed by atoms with Crippen LogP contribution in [0.4, 0.5) is 23.5 Å². The number of alkyl halides is 3. The van der Waals surface area contributed by atoms with Gasteiger partial charge in [-0.05, 0) is 42.5 Å². The highest BCUT2D eigenvalue weighted by molar-refractivity contribution is 5.94. The van der Waals surface area contributed by atoms with E-state index in [0.29, 0.717) is 48.4 Å². The minimum absolute atomic E-state index is 0.165. The summed E-state index contributed by atoms with van der Waals surface area (Å²) in [4.78, 5) is 24.8. The van der Waals surface area contributed by atoms with E-state index in [1.54, 1.807) is 16.8 Å². The Morgan fingerprint density at radius 3 is 2.49 bits per heavy atom. The van der Waals surface area contributed by atoms with Gasteiger partial charge in [-0.1, -0.05) is 0 Å². The van der Waals surface area contributed by atoms with Crippen LogP contribution in [0.2, 0.25) is 0 Å². The van der Waals surface area contributed by atoms with Crippen LogP contribution >= 0.6 is 0 Å². The number of aromatic nitrogens is 4. The molecular weight excluding hydrogens is 496 g/mol. The molecule has 0 N–H and O–H groups in total. The number of hydrogen-bond acceptors (Lipinski definition) is 7. The summed E-state index contributed by atoms with van der Waals surface area (Å²) in [6, 6.07) is 9.28. The Morgan fingerprint density at radius 2 is 1.73 bits per heavy atom. The monoisotopic (exact) mass is 514 g/mol. The second-order valence-electron chi connectivity index (χ2n) is 8.49. The summed E-state index contributed by atoms with van der Waals surface area (Å²) in [5, 5.41) is 4.61. The molecule has 2 aromatic heterocycles. The first-order valence-corrected chi connectivity index (χ1v) is 11.3. The van der Waals surface area contributed by atoms with Gasteiger partial charge in [0.05, 0.1) is 16.8 Å². The molecule has 4 aromatic rings. The number of halogens is 4. The average molecular weight is 514 g/mol. The fraction of sp³-hybridized carbons (Fsp3) is 0.250. The number of amides is 1. The number of rotatable bonds is 3. The molecule has 0 atom stereocenters. The van der Waals surface area contributed by atoms with Crippen LogP contribution in [-0.4, -0.2) is 63.4 Å². The Bertz CT molecular complexity index is 1510. The SMILES string of the molecule is O=C(c1ccc(C(F)(F)F)cc1F)N1CCN(c2nc3nccc(-c4ccc5c(c4)OCO5)n3n2)CC1. The van der Waals surface area contributed by atoms with Crippen molar-refractivity contribution < 1.29 is 31.8 Å². The predicted octanol–water partition coefficient (Wildman–Crippen LogP) is 3.64. The topological polar surface area (TPSA) is 85.1 Å². The van der Waals surface area contributed by atoms with Gasteiger partial charge in [0.25, 0.3) is 11.7 Å². The van der Waals surface area contributed by atoms with E-state index in [2.05, 4.69) is 15.1 Å². The lowest BCUT2D eigenvalue weighted by Gasteiger charge is -2.34. The molecule has 0 unspecified atom stereocenters. The Labute approximate surface area is 206 Å². The van der Waals surface area contributed by atoms with E-state index in [1.807, 2.05) is 23.1 Å². The summed E-state index contributed by atoms with van der Waals surface area (Å²) >= 11 is 0. The van der Waals surface area contributed by atoms with Crippen molar-refractivity contribution in [3.63, 3.8) is 0 Å². The number of nitrogens with zero attached hydrogens (tertiary/aromatic N) is 6. The number of carbonyl (C=O) groups excluding carboxylic acids is 1. The standard InChI is InChI=1S/C24H18F4N6O3/c25-17-12-15(24(26,27)28)2-3-16(17)21(35)32-7-9-33(10-8-32)23-30-22-29-6-5-18(34(22)31-23)14-1-4-19-20(11-14)37-13-36-19/h1-6,11-12H,7-10,13H2. The van der Waals surface area contributed by atoms with Gasteiger partial charge in [0.2, 0.25) is 12.7 Å². The highest BCUT2D eigenvalue weighted by Gasteiger charge is 2.33. The molecule has 190 valence electrons. The summed E-state index contributed by atoms with van der Waals surface area (Å²) in [6.45, 7) is 1.31. The average Bonchev–Trinajstić information content (AvgIpc) is 3.54. The van der Waals surface area contributed by atoms with Gasteiger partial charge in [0.1, 0.15) is 5.82 Å². The molecule has 0 saturated carbocycles. The van der Waals surface area contributed by atoms with Crippen molar-refractivity contribution in [1.29, 1.82) is 0 Å². The van der Waals surface area contributed by atoms with Crippen molar-refractivity contribution >= 4 is 17.6 Å². The molecule has 0 spiro atoms. The Kier molecular flexibility index (Phi) is 5.35. The molecule has 2 aromatic carbocycles. The lowest BCUT2D eigenvalue weighted by Crippen LogP contribution is -2.49. The second-order valence-corrected chi connectivity index (χ2v) is 8.49. The Balaban J connectivity index is 1.19. The van der Waals surface area contributed by atoms with E-state index in [0.717, 1.165) is 17.3 Å². The molecule has 2 aliphatic rings. The summed E-state index contributed by atoms with van der Waals surface area (Å²) in [5.41, 5.74) is 0.0404. The minimum Gasteiger partial charge on any atom is -0.454 e. The quantitative estimate of drug-likeness (QED) is 0.386. The van der Waals surface area contributed by atoms with Gasteiger partial charge in [-0.2, -0.15) is 22.7 Å². The summed E-state index contributed by atoms with van der Waals surface area (Å²) in [5.74, 6) is 0.223. The molecule has 0 aliphatic carbocycles. The third kappa shape index (κ3) is 4.15. The third-order valence-corrected chi connectivity index (χ3v) is 6.27. The van der Waals surface area contributed by atoms with E-state index in [-0.39, 0.29) is 19.9 Å². The lowest BCUT2D eigenvalue weighted by atomic mass is 10.1. The zero-order chi connectivity index (χ0) is 25.7. The fourth-order valence-electron chi connectivity index (χ4n) is 4.34. The molecule has 1 amide bonds. The molecule has 0 radical (unpaired) electrons. The van der Waals surface area contributed by atoms with Crippen molar-refractivity contribution in [3.05, 3.63) is 65.6 Å². The van der Waals surface area contributed by atoms with E-state index >= 15 is 0 Å². The molecule has 37 heavy (non-hydrogen) atoms. The van der Waals surface area contributed by atoms with Crippen molar-refractivity contribution in [2.75, 3.05) is 37.9 Å². The molecule has 1 fully saturated rings. The molecule has 2 aliphatic heterocycles. The molecule has 9 nitrogen and oxygen atoms in total. The third-order valence-electron chi connectivity index (χ3n) is 6.27. The summed E-state index contributed by atoms with van der Waals surface area (Å²) < 4.78 is 65.2. The Hall–Kier alpha value is -4.42. The van der Waals surface area contributed by atoms with Crippen molar-refractivity contribution in [2.24, 2.45) is 0 Å². The van der Waals surface area contributed by atoms with Crippen molar-refractivity contribution in [1.82, 2.24) is 24.5 Å². The van der Waals surface area contributed by atoms with Gasteiger partial charge in [-0.15, -0.1) is 5.10 Å². The number of ether oxygens (including phenoxy) is 2. The second kappa shape index (κ2) is 8.61. The van der Waals surface area contributed by atoms with Gasteiger partial charge in [-0.3, -0.25) is 4.79 Å². The van der Waals surface area contributed by atoms with E-state index in [9.17, 15) is 22.4 Å². The number of hydrogen-bond donors (Lipinski definition) is 0. The maximum Gasteiger partial charge on any atom is 0.416 e. The number of carbonyl (C=O) groups is 1. The number of piperazine rings is 1. The van der Waals surface area contributed by atoms with Crippen LogP contribution in [0, 0.1) is 5.82 Å².